The van der Waals surface area contributed by atoms with Crippen molar-refractivity contribution in [1.82, 2.24) is 4.72 Å². The van der Waals surface area contributed by atoms with Gasteiger partial charge in [-0.3, -0.25) is 4.79 Å². The molecule has 0 fully saturated rings. The summed E-state index contributed by atoms with van der Waals surface area (Å²) in [6.07, 6.45) is 5.59. The van der Waals surface area contributed by atoms with Crippen molar-refractivity contribution in [3.8, 4) is 0 Å². The van der Waals surface area contributed by atoms with Gasteiger partial charge in [-0.2, -0.15) is 0 Å². The fourth-order valence-corrected chi connectivity index (χ4v) is 5.22. The number of amides is 1. The van der Waals surface area contributed by atoms with Crippen LogP contribution in [0.25, 0.3) is 0 Å². The molecular weight excluding hydrogens is 372 g/mol. The Morgan fingerprint density at radius 1 is 1.00 bits per heavy atom. The van der Waals surface area contributed by atoms with Crippen LogP contribution in [0.4, 0.5) is 5.69 Å². The van der Waals surface area contributed by atoms with Crippen LogP contribution in [0.3, 0.4) is 0 Å². The first-order chi connectivity index (χ1) is 13.5. The number of anilines is 1. The number of carbonyl (C=O) groups is 1. The molecule has 2 aliphatic rings. The van der Waals surface area contributed by atoms with Gasteiger partial charge >= 0.3 is 0 Å². The van der Waals surface area contributed by atoms with Crippen LogP contribution >= 0.6 is 0 Å². The molecule has 0 aromatic heterocycles. The molecule has 1 aliphatic heterocycles. The minimum absolute atomic E-state index is 0.125. The third-order valence-corrected chi connectivity index (χ3v) is 7.14. The summed E-state index contributed by atoms with van der Waals surface area (Å²) in [5.74, 6) is 0.125. The molecule has 1 N–H and O–H groups in total. The highest BCUT2D eigenvalue weighted by molar-refractivity contribution is 7.89. The summed E-state index contributed by atoms with van der Waals surface area (Å²) in [5.41, 5.74) is 5.40. The Hall–Kier alpha value is -2.18. The molecule has 1 amide bonds. The minimum Gasteiger partial charge on any atom is -0.312 e. The molecule has 148 valence electrons. The zero-order valence-corrected chi connectivity index (χ0v) is 17.0. The molecular formula is C22H26N2O3S. The lowest BCUT2D eigenvalue weighted by atomic mass is 9.92. The molecule has 5 nitrogen and oxygen atoms in total. The number of hydrogen-bond acceptors (Lipinski definition) is 3. The van der Waals surface area contributed by atoms with Crippen LogP contribution in [0, 0.1) is 0 Å². The summed E-state index contributed by atoms with van der Waals surface area (Å²) in [7, 11) is -3.55. The summed E-state index contributed by atoms with van der Waals surface area (Å²) < 4.78 is 28.2. The van der Waals surface area contributed by atoms with Crippen LogP contribution in [0.2, 0.25) is 0 Å². The molecule has 0 spiro atoms. The van der Waals surface area contributed by atoms with Crippen LogP contribution in [0.15, 0.2) is 41.3 Å². The van der Waals surface area contributed by atoms with E-state index in [1.54, 1.807) is 6.07 Å². The zero-order chi connectivity index (χ0) is 19.7. The first-order valence-corrected chi connectivity index (χ1v) is 11.5. The number of benzene rings is 2. The Labute approximate surface area is 166 Å². The lowest BCUT2D eigenvalue weighted by Crippen LogP contribution is -2.27. The molecule has 0 saturated heterocycles. The summed E-state index contributed by atoms with van der Waals surface area (Å²) in [6.45, 7) is 2.81. The predicted molar refractivity (Wildman–Crippen MR) is 110 cm³/mol. The van der Waals surface area contributed by atoms with Crippen molar-refractivity contribution >= 4 is 21.6 Å². The van der Waals surface area contributed by atoms with Crippen LogP contribution in [-0.4, -0.2) is 20.9 Å². The van der Waals surface area contributed by atoms with Crippen LogP contribution < -0.4 is 9.62 Å². The minimum atomic E-state index is -3.55. The highest BCUT2D eigenvalue weighted by Crippen LogP contribution is 2.29. The van der Waals surface area contributed by atoms with E-state index >= 15 is 0 Å². The van der Waals surface area contributed by atoms with E-state index in [-0.39, 0.29) is 12.5 Å². The quantitative estimate of drug-likeness (QED) is 0.840. The second-order valence-corrected chi connectivity index (χ2v) is 9.34. The number of rotatable bonds is 5. The lowest BCUT2D eigenvalue weighted by Gasteiger charge is -2.17. The SMILES string of the molecule is CCC(=O)N1CCc2cc(CNS(=O)(=O)c3ccc4c(c3)CCCC4)ccc21. The summed E-state index contributed by atoms with van der Waals surface area (Å²) in [4.78, 5) is 14.2. The average Bonchev–Trinajstić information content (AvgIpc) is 3.14. The van der Waals surface area contributed by atoms with E-state index in [4.69, 9.17) is 0 Å². The molecule has 2 aromatic carbocycles. The molecule has 0 bridgehead atoms. The number of hydrogen-bond donors (Lipinski definition) is 1. The highest BCUT2D eigenvalue weighted by Gasteiger charge is 2.24. The molecule has 0 atom stereocenters. The van der Waals surface area contributed by atoms with E-state index in [1.165, 1.54) is 12.0 Å². The van der Waals surface area contributed by atoms with Crippen molar-refractivity contribution in [2.75, 3.05) is 11.4 Å². The van der Waals surface area contributed by atoms with Crippen molar-refractivity contribution in [2.45, 2.75) is 56.9 Å². The molecule has 0 radical (unpaired) electrons. The third kappa shape index (κ3) is 3.71. The molecule has 2 aromatic rings. The number of nitrogens with zero attached hydrogens (tertiary/aromatic N) is 1. The Kier molecular flexibility index (Phi) is 5.25. The first kappa shape index (κ1) is 19.2. The van der Waals surface area contributed by atoms with E-state index < -0.39 is 10.0 Å². The predicted octanol–water partition coefficient (Wildman–Crippen LogP) is 3.34. The number of nitrogens with one attached hydrogen (secondary N) is 1. The van der Waals surface area contributed by atoms with Crippen LogP contribution in [-0.2, 0) is 40.6 Å². The van der Waals surface area contributed by atoms with Crippen molar-refractivity contribution in [3.05, 3.63) is 58.7 Å². The van der Waals surface area contributed by atoms with E-state index in [1.807, 2.05) is 42.2 Å². The maximum Gasteiger partial charge on any atom is 0.240 e. The Bertz CT molecular complexity index is 1010. The van der Waals surface area contributed by atoms with Gasteiger partial charge in [0.25, 0.3) is 0 Å². The summed E-state index contributed by atoms with van der Waals surface area (Å²) >= 11 is 0. The normalized spacial score (nSPS) is 16.0. The largest absolute Gasteiger partial charge is 0.312 e. The van der Waals surface area contributed by atoms with Crippen LogP contribution in [0.5, 0.6) is 0 Å². The van der Waals surface area contributed by atoms with Crippen molar-refractivity contribution in [3.63, 3.8) is 0 Å². The van der Waals surface area contributed by atoms with E-state index in [0.29, 0.717) is 17.9 Å². The molecule has 4 rings (SSSR count). The summed E-state index contributed by atoms with van der Waals surface area (Å²) in [5, 5.41) is 0. The molecule has 0 saturated carbocycles. The van der Waals surface area contributed by atoms with Crippen molar-refractivity contribution < 1.29 is 13.2 Å². The fourth-order valence-electron chi connectivity index (χ4n) is 4.15. The lowest BCUT2D eigenvalue weighted by molar-refractivity contribution is -0.118. The van der Waals surface area contributed by atoms with Gasteiger partial charge in [-0.15, -0.1) is 0 Å². The van der Waals surface area contributed by atoms with Gasteiger partial charge in [0.2, 0.25) is 15.9 Å². The number of aryl methyl sites for hydroxylation is 2. The Balaban J connectivity index is 1.48. The third-order valence-electron chi connectivity index (χ3n) is 5.74. The fraction of sp³-hybridized carbons (Fsp3) is 0.409. The Morgan fingerprint density at radius 3 is 2.57 bits per heavy atom. The van der Waals surface area contributed by atoms with E-state index in [9.17, 15) is 13.2 Å². The average molecular weight is 399 g/mol. The standard InChI is InChI=1S/C22H26N2O3S/c1-2-22(25)24-12-11-19-13-16(7-10-21(19)24)15-23-28(26,27)20-9-8-17-5-3-4-6-18(17)14-20/h7-10,13-14,23H,2-6,11-12,15H2,1H3. The van der Waals surface area contributed by atoms with Crippen molar-refractivity contribution in [2.24, 2.45) is 0 Å². The van der Waals surface area contributed by atoms with Crippen molar-refractivity contribution in [1.29, 1.82) is 0 Å². The van der Waals surface area contributed by atoms with Gasteiger partial charge in [0.15, 0.2) is 0 Å². The number of carbonyl (C=O) groups excluding carboxylic acids is 1. The van der Waals surface area contributed by atoms with Gasteiger partial charge in [0.05, 0.1) is 4.90 Å². The van der Waals surface area contributed by atoms with Gasteiger partial charge < -0.3 is 4.90 Å². The maximum atomic E-state index is 12.7. The second kappa shape index (κ2) is 7.68. The molecule has 28 heavy (non-hydrogen) atoms. The summed E-state index contributed by atoms with van der Waals surface area (Å²) in [6, 6.07) is 11.3. The first-order valence-electron chi connectivity index (χ1n) is 10.0. The van der Waals surface area contributed by atoms with E-state index in [0.717, 1.165) is 48.1 Å². The van der Waals surface area contributed by atoms with Gasteiger partial charge in [0.1, 0.15) is 0 Å². The van der Waals surface area contributed by atoms with Gasteiger partial charge in [0, 0.05) is 25.2 Å². The van der Waals surface area contributed by atoms with Gasteiger partial charge in [-0.05, 0) is 72.6 Å². The van der Waals surface area contributed by atoms with Crippen LogP contribution in [0.1, 0.15) is 48.4 Å². The molecule has 0 unspecified atom stereocenters. The number of fused-ring (bicyclic) bond motifs is 2. The topological polar surface area (TPSA) is 66.5 Å². The second-order valence-electron chi connectivity index (χ2n) is 7.57. The Morgan fingerprint density at radius 2 is 1.79 bits per heavy atom. The van der Waals surface area contributed by atoms with Gasteiger partial charge in [-0.25, -0.2) is 13.1 Å². The monoisotopic (exact) mass is 398 g/mol. The molecule has 1 heterocycles. The van der Waals surface area contributed by atoms with E-state index in [2.05, 4.69) is 4.72 Å². The zero-order valence-electron chi connectivity index (χ0n) is 16.2. The van der Waals surface area contributed by atoms with Gasteiger partial charge in [-0.1, -0.05) is 25.1 Å². The smallest absolute Gasteiger partial charge is 0.240 e. The maximum absolute atomic E-state index is 12.7. The molecule has 1 aliphatic carbocycles. The number of sulfonamides is 1. The highest BCUT2D eigenvalue weighted by atomic mass is 32.2. The molecule has 6 heteroatoms.